The van der Waals surface area contributed by atoms with Crippen LogP contribution in [0.1, 0.15) is 22.3 Å². The topological polar surface area (TPSA) is 91.3 Å². The average Bonchev–Trinajstić information content (AvgIpc) is 2.73. The predicted molar refractivity (Wildman–Crippen MR) is 111 cm³/mol. The summed E-state index contributed by atoms with van der Waals surface area (Å²) in [4.78, 5) is 10.8. The zero-order valence-electron chi connectivity index (χ0n) is 14.8. The van der Waals surface area contributed by atoms with Crippen LogP contribution in [-0.2, 0) is 0 Å². The Kier molecular flexibility index (Phi) is 5.91. The number of rotatable bonds is 6. The molecular weight excluding hydrogens is 352 g/mol. The van der Waals surface area contributed by atoms with E-state index in [0.717, 1.165) is 16.8 Å². The third-order valence-electron chi connectivity index (χ3n) is 3.97. The normalized spacial score (nSPS) is 10.8. The molecule has 136 valence electrons. The molecule has 28 heavy (non-hydrogen) atoms. The number of nitrogens with one attached hydrogen (secondary N) is 1. The minimum Gasteiger partial charge on any atom is -0.279 e. The maximum atomic E-state index is 11.3. The third-order valence-corrected chi connectivity index (χ3v) is 3.97. The van der Waals surface area contributed by atoms with Crippen molar-refractivity contribution in [1.82, 2.24) is 0 Å². The molecule has 3 aromatic carbocycles. The van der Waals surface area contributed by atoms with E-state index in [1.165, 1.54) is 6.07 Å². The molecule has 0 atom stereocenters. The van der Waals surface area contributed by atoms with Gasteiger partial charge in [-0.25, -0.2) is 0 Å². The molecule has 0 amide bonds. The molecule has 0 aliphatic heterocycles. The van der Waals surface area contributed by atoms with Gasteiger partial charge in [0.05, 0.1) is 34.0 Å². The Morgan fingerprint density at radius 2 is 1.61 bits per heavy atom. The molecule has 0 aromatic heterocycles. The number of para-hydroxylation sites is 1. The van der Waals surface area contributed by atoms with Gasteiger partial charge < -0.3 is 0 Å². The van der Waals surface area contributed by atoms with Crippen LogP contribution in [0.4, 0.5) is 11.4 Å². The number of nitrogens with zero attached hydrogens (tertiary/aromatic N) is 3. The Morgan fingerprint density at radius 3 is 2.32 bits per heavy atom. The first kappa shape index (κ1) is 18.5. The zero-order valence-corrected chi connectivity index (χ0v) is 14.8. The number of nitriles is 1. The summed E-state index contributed by atoms with van der Waals surface area (Å²) in [6.45, 7) is 0. The summed E-state index contributed by atoms with van der Waals surface area (Å²) in [5.74, 6) is 0. The van der Waals surface area contributed by atoms with Crippen molar-refractivity contribution in [3.05, 3.63) is 105 Å². The van der Waals surface area contributed by atoms with Gasteiger partial charge in [-0.1, -0.05) is 48.5 Å². The van der Waals surface area contributed by atoms with Crippen LogP contribution in [0.2, 0.25) is 0 Å². The Bertz CT molecular complexity index is 1080. The fraction of sp³-hybridized carbons (Fsp3) is 0. The van der Waals surface area contributed by atoms with Crippen LogP contribution in [0.5, 0.6) is 0 Å². The lowest BCUT2D eigenvalue weighted by molar-refractivity contribution is -0.385. The van der Waals surface area contributed by atoms with E-state index in [2.05, 4.69) is 10.5 Å². The molecule has 0 heterocycles. The first-order chi connectivity index (χ1) is 13.7. The summed E-state index contributed by atoms with van der Waals surface area (Å²) in [5.41, 5.74) is 6.13. The minimum atomic E-state index is -0.488. The second-order valence-electron chi connectivity index (χ2n) is 5.84. The molecule has 6 nitrogen and oxygen atoms in total. The number of nitro benzene ring substituents is 1. The highest BCUT2D eigenvalue weighted by Gasteiger charge is 2.12. The highest BCUT2D eigenvalue weighted by molar-refractivity contribution is 5.88. The first-order valence-corrected chi connectivity index (χ1v) is 8.47. The van der Waals surface area contributed by atoms with E-state index in [-0.39, 0.29) is 11.3 Å². The molecule has 0 radical (unpaired) electrons. The minimum absolute atomic E-state index is 0.104. The van der Waals surface area contributed by atoms with E-state index in [4.69, 9.17) is 5.26 Å². The van der Waals surface area contributed by atoms with E-state index in [9.17, 15) is 10.1 Å². The van der Waals surface area contributed by atoms with Crippen molar-refractivity contribution in [2.75, 3.05) is 5.43 Å². The summed E-state index contributed by atoms with van der Waals surface area (Å²) in [6, 6.07) is 23.5. The third kappa shape index (κ3) is 4.68. The highest BCUT2D eigenvalue weighted by atomic mass is 16.6. The molecule has 3 aromatic rings. The van der Waals surface area contributed by atoms with Gasteiger partial charge in [0, 0.05) is 11.6 Å². The summed E-state index contributed by atoms with van der Waals surface area (Å²) in [7, 11) is 0. The molecule has 0 unspecified atom stereocenters. The van der Waals surface area contributed by atoms with E-state index in [1.54, 1.807) is 30.5 Å². The van der Waals surface area contributed by atoms with E-state index >= 15 is 0 Å². The Balaban J connectivity index is 1.84. The maximum Gasteiger partial charge on any atom is 0.277 e. The molecule has 0 saturated heterocycles. The monoisotopic (exact) mass is 368 g/mol. The fourth-order valence-electron chi connectivity index (χ4n) is 2.56. The van der Waals surface area contributed by atoms with Crippen molar-refractivity contribution < 1.29 is 4.92 Å². The maximum absolute atomic E-state index is 11.3. The van der Waals surface area contributed by atoms with Crippen molar-refractivity contribution in [3.63, 3.8) is 0 Å². The van der Waals surface area contributed by atoms with Gasteiger partial charge in [-0.2, -0.15) is 10.4 Å². The van der Waals surface area contributed by atoms with Crippen molar-refractivity contribution in [3.8, 4) is 6.07 Å². The van der Waals surface area contributed by atoms with E-state index < -0.39 is 4.92 Å². The van der Waals surface area contributed by atoms with Crippen molar-refractivity contribution >= 4 is 29.7 Å². The van der Waals surface area contributed by atoms with Crippen LogP contribution in [0.15, 0.2) is 77.9 Å². The second kappa shape index (κ2) is 8.92. The number of anilines is 1. The first-order valence-electron chi connectivity index (χ1n) is 8.47. The van der Waals surface area contributed by atoms with Gasteiger partial charge in [0.15, 0.2) is 0 Å². The summed E-state index contributed by atoms with van der Waals surface area (Å²) in [6.07, 6.45) is 5.15. The SMILES string of the molecule is N#Cc1ccc(C=Cc2ccccc2C=NNc2ccccc2)c([N+](=O)[O-])c1. The van der Waals surface area contributed by atoms with Gasteiger partial charge in [-0.15, -0.1) is 0 Å². The quantitative estimate of drug-likeness (QED) is 0.284. The van der Waals surface area contributed by atoms with Crippen molar-refractivity contribution in [1.29, 1.82) is 5.26 Å². The van der Waals surface area contributed by atoms with Gasteiger partial charge in [-0.05, 0) is 35.9 Å². The molecule has 0 aliphatic carbocycles. The molecule has 0 spiro atoms. The van der Waals surface area contributed by atoms with Gasteiger partial charge in [-0.3, -0.25) is 15.5 Å². The van der Waals surface area contributed by atoms with E-state index in [1.807, 2.05) is 60.7 Å². The zero-order chi connectivity index (χ0) is 19.8. The lowest BCUT2D eigenvalue weighted by Crippen LogP contribution is -1.93. The smallest absolute Gasteiger partial charge is 0.277 e. The summed E-state index contributed by atoms with van der Waals surface area (Å²) >= 11 is 0. The standard InChI is InChI=1S/C22H16N4O2/c23-15-17-10-11-19(22(14-17)26(27)28)13-12-18-6-4-5-7-20(18)16-24-25-21-8-2-1-3-9-21/h1-14,16,25H. The van der Waals surface area contributed by atoms with Crippen molar-refractivity contribution in [2.45, 2.75) is 0 Å². The number of hydrogen-bond acceptors (Lipinski definition) is 5. The Hall–Kier alpha value is -4.24. The molecule has 0 bridgehead atoms. The fourth-order valence-corrected chi connectivity index (χ4v) is 2.56. The lowest BCUT2D eigenvalue weighted by Gasteiger charge is -2.02. The molecule has 0 fully saturated rings. The van der Waals surface area contributed by atoms with Gasteiger partial charge in [0.25, 0.3) is 5.69 Å². The molecule has 0 saturated carbocycles. The molecule has 1 N–H and O–H groups in total. The average molecular weight is 368 g/mol. The van der Waals surface area contributed by atoms with Gasteiger partial charge in [0.1, 0.15) is 0 Å². The van der Waals surface area contributed by atoms with Gasteiger partial charge in [0.2, 0.25) is 0 Å². The molecule has 0 aliphatic rings. The summed E-state index contributed by atoms with van der Waals surface area (Å²) < 4.78 is 0. The van der Waals surface area contributed by atoms with Crippen LogP contribution in [0, 0.1) is 21.4 Å². The number of hydrogen-bond donors (Lipinski definition) is 1. The summed E-state index contributed by atoms with van der Waals surface area (Å²) in [5, 5.41) is 24.5. The van der Waals surface area contributed by atoms with Gasteiger partial charge >= 0.3 is 0 Å². The van der Waals surface area contributed by atoms with Crippen LogP contribution < -0.4 is 5.43 Å². The van der Waals surface area contributed by atoms with Crippen LogP contribution >= 0.6 is 0 Å². The van der Waals surface area contributed by atoms with Crippen molar-refractivity contribution in [2.24, 2.45) is 5.10 Å². The second-order valence-corrected chi connectivity index (χ2v) is 5.84. The van der Waals surface area contributed by atoms with Crippen LogP contribution in [0.3, 0.4) is 0 Å². The number of nitro groups is 1. The Morgan fingerprint density at radius 1 is 0.929 bits per heavy atom. The van der Waals surface area contributed by atoms with E-state index in [0.29, 0.717) is 5.56 Å². The largest absolute Gasteiger partial charge is 0.279 e. The lowest BCUT2D eigenvalue weighted by atomic mass is 10.0. The highest BCUT2D eigenvalue weighted by Crippen LogP contribution is 2.23. The molecule has 6 heteroatoms. The Labute approximate surface area is 162 Å². The molecule has 3 rings (SSSR count). The van der Waals surface area contributed by atoms with Crippen LogP contribution in [0.25, 0.3) is 12.2 Å². The predicted octanol–water partition coefficient (Wildman–Crippen LogP) is 5.08. The van der Waals surface area contributed by atoms with Crippen LogP contribution in [-0.4, -0.2) is 11.1 Å². The number of benzene rings is 3. The number of hydrazone groups is 1. The molecular formula is C22H16N4O2.